The number of carbonyl (C=O) groups is 1. The molecule has 1 aromatic rings. The molecule has 0 unspecified atom stereocenters. The average molecular weight is 216 g/mol. The predicted molar refractivity (Wildman–Crippen MR) is 64.2 cm³/mol. The third kappa shape index (κ3) is 1.75. The van der Waals surface area contributed by atoms with Crippen molar-refractivity contribution in [3.63, 3.8) is 0 Å². The molecule has 84 valence electrons. The second-order valence-corrected chi connectivity index (χ2v) is 4.80. The van der Waals surface area contributed by atoms with Crippen LogP contribution < -0.4 is 0 Å². The lowest BCUT2D eigenvalue weighted by Crippen LogP contribution is -2.27. The first kappa shape index (κ1) is 10.9. The SMILES string of the molecule is CC(C)(C(=O)O)C1=Cc2ccccc2CC1. The lowest BCUT2D eigenvalue weighted by molar-refractivity contribution is -0.144. The number of carboxylic acid groups (broad SMARTS) is 1. The molecule has 1 N–H and O–H groups in total. The molecule has 1 aliphatic carbocycles. The van der Waals surface area contributed by atoms with Gasteiger partial charge in [0.05, 0.1) is 5.41 Å². The molecule has 0 aliphatic heterocycles. The fourth-order valence-corrected chi connectivity index (χ4v) is 2.06. The first-order valence-electron chi connectivity index (χ1n) is 5.54. The number of carboxylic acids is 1. The zero-order valence-corrected chi connectivity index (χ0v) is 9.66. The van der Waals surface area contributed by atoms with Crippen molar-refractivity contribution in [2.45, 2.75) is 26.7 Å². The van der Waals surface area contributed by atoms with Crippen LogP contribution in [-0.4, -0.2) is 11.1 Å². The van der Waals surface area contributed by atoms with E-state index in [2.05, 4.69) is 6.07 Å². The molecule has 0 bridgehead atoms. The summed E-state index contributed by atoms with van der Waals surface area (Å²) >= 11 is 0. The number of aliphatic carboxylic acids is 1. The van der Waals surface area contributed by atoms with Crippen LogP contribution in [0.1, 0.15) is 31.4 Å². The normalized spacial score (nSPS) is 15.2. The van der Waals surface area contributed by atoms with Gasteiger partial charge in [-0.3, -0.25) is 4.79 Å². The summed E-state index contributed by atoms with van der Waals surface area (Å²) in [5.41, 5.74) is 2.73. The minimum atomic E-state index is -0.756. The standard InChI is InChI=1S/C14H16O2/c1-14(2,13(15)16)12-8-7-10-5-3-4-6-11(10)9-12/h3-6,9H,7-8H2,1-2H3,(H,15,16). The van der Waals surface area contributed by atoms with E-state index < -0.39 is 11.4 Å². The van der Waals surface area contributed by atoms with E-state index in [1.165, 1.54) is 5.56 Å². The summed E-state index contributed by atoms with van der Waals surface area (Å²) in [7, 11) is 0. The van der Waals surface area contributed by atoms with Gasteiger partial charge in [-0.25, -0.2) is 0 Å². The Hall–Kier alpha value is -1.57. The highest BCUT2D eigenvalue weighted by Crippen LogP contribution is 2.35. The number of benzene rings is 1. The molecule has 0 aromatic heterocycles. The van der Waals surface area contributed by atoms with Gasteiger partial charge in [-0.1, -0.05) is 35.9 Å². The molecule has 0 heterocycles. The van der Waals surface area contributed by atoms with Gasteiger partial charge in [-0.2, -0.15) is 0 Å². The molecule has 2 rings (SSSR count). The summed E-state index contributed by atoms with van der Waals surface area (Å²) in [5.74, 6) is -0.752. The van der Waals surface area contributed by atoms with Crippen LogP contribution in [0.25, 0.3) is 6.08 Å². The van der Waals surface area contributed by atoms with Crippen molar-refractivity contribution in [2.75, 3.05) is 0 Å². The molecule has 0 spiro atoms. The maximum absolute atomic E-state index is 11.2. The van der Waals surface area contributed by atoms with E-state index in [1.54, 1.807) is 13.8 Å². The third-order valence-corrected chi connectivity index (χ3v) is 3.39. The van der Waals surface area contributed by atoms with Gasteiger partial charge in [-0.05, 0) is 37.8 Å². The third-order valence-electron chi connectivity index (χ3n) is 3.39. The zero-order valence-electron chi connectivity index (χ0n) is 9.66. The zero-order chi connectivity index (χ0) is 11.8. The maximum atomic E-state index is 11.2. The van der Waals surface area contributed by atoms with E-state index in [-0.39, 0.29) is 0 Å². The van der Waals surface area contributed by atoms with Gasteiger partial charge >= 0.3 is 5.97 Å². The fourth-order valence-electron chi connectivity index (χ4n) is 2.06. The van der Waals surface area contributed by atoms with Crippen LogP contribution in [0.3, 0.4) is 0 Å². The molecule has 0 amide bonds. The molecule has 2 nitrogen and oxygen atoms in total. The Morgan fingerprint density at radius 1 is 1.25 bits per heavy atom. The maximum Gasteiger partial charge on any atom is 0.313 e. The van der Waals surface area contributed by atoms with Gasteiger partial charge in [0.25, 0.3) is 0 Å². The summed E-state index contributed by atoms with van der Waals surface area (Å²) in [4.78, 5) is 11.2. The number of hydrogen-bond donors (Lipinski definition) is 1. The lowest BCUT2D eigenvalue weighted by Gasteiger charge is -2.27. The smallest absolute Gasteiger partial charge is 0.313 e. The fraction of sp³-hybridized carbons (Fsp3) is 0.357. The van der Waals surface area contributed by atoms with Crippen molar-refractivity contribution in [1.29, 1.82) is 0 Å². The Morgan fingerprint density at radius 3 is 2.62 bits per heavy atom. The minimum Gasteiger partial charge on any atom is -0.481 e. The van der Waals surface area contributed by atoms with E-state index >= 15 is 0 Å². The molecule has 0 radical (unpaired) electrons. The molecule has 0 saturated heterocycles. The highest BCUT2D eigenvalue weighted by atomic mass is 16.4. The molecule has 1 aliphatic rings. The summed E-state index contributed by atoms with van der Waals surface area (Å²) in [6.07, 6.45) is 3.82. The van der Waals surface area contributed by atoms with Crippen molar-refractivity contribution >= 4 is 12.0 Å². The molecule has 1 aromatic carbocycles. The molecule has 0 atom stereocenters. The van der Waals surface area contributed by atoms with Crippen molar-refractivity contribution < 1.29 is 9.90 Å². The summed E-state index contributed by atoms with van der Waals surface area (Å²) in [5, 5.41) is 9.20. The molecular weight excluding hydrogens is 200 g/mol. The van der Waals surface area contributed by atoms with Crippen molar-refractivity contribution in [3.8, 4) is 0 Å². The van der Waals surface area contributed by atoms with Crippen molar-refractivity contribution in [1.82, 2.24) is 0 Å². The van der Waals surface area contributed by atoms with Gasteiger partial charge in [-0.15, -0.1) is 0 Å². The van der Waals surface area contributed by atoms with Gasteiger partial charge < -0.3 is 5.11 Å². The van der Waals surface area contributed by atoms with E-state index in [4.69, 9.17) is 0 Å². The quantitative estimate of drug-likeness (QED) is 0.824. The van der Waals surface area contributed by atoms with Gasteiger partial charge in [0, 0.05) is 0 Å². The summed E-state index contributed by atoms with van der Waals surface area (Å²) < 4.78 is 0. The first-order chi connectivity index (χ1) is 7.51. The predicted octanol–water partition coefficient (Wildman–Crippen LogP) is 3.13. The van der Waals surface area contributed by atoms with Crippen LogP contribution in [0.15, 0.2) is 29.8 Å². The van der Waals surface area contributed by atoms with Gasteiger partial charge in [0.1, 0.15) is 0 Å². The van der Waals surface area contributed by atoms with Crippen LogP contribution in [0.4, 0.5) is 0 Å². The average Bonchev–Trinajstić information content (AvgIpc) is 2.28. The Kier molecular flexibility index (Phi) is 2.58. The Labute approximate surface area is 95.6 Å². The van der Waals surface area contributed by atoms with Crippen LogP contribution in [0.2, 0.25) is 0 Å². The van der Waals surface area contributed by atoms with Crippen LogP contribution in [-0.2, 0) is 11.2 Å². The Morgan fingerprint density at radius 2 is 1.94 bits per heavy atom. The minimum absolute atomic E-state index is 0.752. The highest BCUT2D eigenvalue weighted by Gasteiger charge is 2.32. The molecule has 2 heteroatoms. The van der Waals surface area contributed by atoms with E-state index in [1.807, 2.05) is 24.3 Å². The monoisotopic (exact) mass is 216 g/mol. The van der Waals surface area contributed by atoms with E-state index in [0.29, 0.717) is 0 Å². The van der Waals surface area contributed by atoms with Gasteiger partial charge in [0.15, 0.2) is 0 Å². The number of aryl methyl sites for hydroxylation is 1. The molecule has 0 saturated carbocycles. The largest absolute Gasteiger partial charge is 0.481 e. The van der Waals surface area contributed by atoms with Crippen LogP contribution in [0, 0.1) is 5.41 Å². The first-order valence-corrected chi connectivity index (χ1v) is 5.54. The second-order valence-electron chi connectivity index (χ2n) is 4.80. The summed E-state index contributed by atoms with van der Waals surface area (Å²) in [6.45, 7) is 3.55. The highest BCUT2D eigenvalue weighted by molar-refractivity contribution is 5.80. The topological polar surface area (TPSA) is 37.3 Å². The number of hydrogen-bond acceptors (Lipinski definition) is 1. The van der Waals surface area contributed by atoms with Crippen molar-refractivity contribution in [3.05, 3.63) is 41.0 Å². The number of rotatable bonds is 2. The van der Waals surface area contributed by atoms with E-state index in [9.17, 15) is 9.90 Å². The van der Waals surface area contributed by atoms with Crippen molar-refractivity contribution in [2.24, 2.45) is 5.41 Å². The molecule has 16 heavy (non-hydrogen) atoms. The second kappa shape index (κ2) is 3.78. The molecule has 0 fully saturated rings. The van der Waals surface area contributed by atoms with Gasteiger partial charge in [0.2, 0.25) is 0 Å². The number of fused-ring (bicyclic) bond motifs is 1. The molecular formula is C14H16O2. The Bertz CT molecular complexity index is 456. The Balaban J connectivity index is 2.41. The lowest BCUT2D eigenvalue weighted by atomic mass is 9.77. The van der Waals surface area contributed by atoms with E-state index in [0.717, 1.165) is 24.0 Å². The summed E-state index contributed by atoms with van der Waals surface area (Å²) in [6, 6.07) is 8.18. The van der Waals surface area contributed by atoms with Crippen LogP contribution >= 0.6 is 0 Å². The van der Waals surface area contributed by atoms with Crippen LogP contribution in [0.5, 0.6) is 0 Å².